The zero-order valence-electron chi connectivity index (χ0n) is 58.2. The monoisotopic (exact) mass is 1360 g/mol. The van der Waals surface area contributed by atoms with E-state index in [9.17, 15) is 0 Å². The van der Waals surface area contributed by atoms with Crippen LogP contribution in [0, 0.1) is 0 Å². The van der Waals surface area contributed by atoms with Crippen molar-refractivity contribution in [3.63, 3.8) is 0 Å². The van der Waals surface area contributed by atoms with Gasteiger partial charge in [0.2, 0.25) is 10.6 Å². The predicted octanol–water partition coefficient (Wildman–Crippen LogP) is 22.0. The summed E-state index contributed by atoms with van der Waals surface area (Å²) < 4.78 is 12.5. The lowest BCUT2D eigenvalue weighted by Gasteiger charge is -2.42. The van der Waals surface area contributed by atoms with E-state index in [2.05, 4.69) is 329 Å². The Hall–Kier alpha value is -10.6. The Morgan fingerprint density at radius 2 is 0.485 bits per heavy atom. The van der Waals surface area contributed by atoms with Crippen molar-refractivity contribution in [3.05, 3.63) is 323 Å². The lowest BCUT2D eigenvalue weighted by atomic mass is 9.73. The van der Waals surface area contributed by atoms with Crippen LogP contribution in [0.2, 0.25) is 10.6 Å². The van der Waals surface area contributed by atoms with Crippen molar-refractivity contribution < 1.29 is 9.31 Å². The number of aromatic nitrogens is 6. The Morgan fingerprint density at radius 3 is 0.762 bits per heavy atom. The van der Waals surface area contributed by atoms with Crippen molar-refractivity contribution in [2.75, 3.05) is 14.7 Å². The van der Waals surface area contributed by atoms with E-state index in [1.165, 1.54) is 67.5 Å². The Balaban J connectivity index is 0.000000152. The van der Waals surface area contributed by atoms with Crippen molar-refractivity contribution in [3.8, 4) is 45.6 Å². The second-order valence-electron chi connectivity index (χ2n) is 28.5. The Morgan fingerprint density at radius 1 is 0.257 bits per heavy atom. The van der Waals surface area contributed by atoms with E-state index in [-0.39, 0.29) is 45.1 Å². The maximum Gasteiger partial charge on any atom is 0.494 e. The molecule has 101 heavy (non-hydrogen) atoms. The Kier molecular flexibility index (Phi) is 17.2. The number of hydrogen-bond donors (Lipinski definition) is 0. The average Bonchev–Trinajstić information content (AvgIpc) is 1.41. The van der Waals surface area contributed by atoms with E-state index >= 15 is 0 Å². The number of halogens is 2. The van der Waals surface area contributed by atoms with E-state index in [1.807, 2.05) is 48.5 Å². The third-order valence-corrected chi connectivity index (χ3v) is 21.0. The molecule has 4 aliphatic heterocycles. The largest absolute Gasteiger partial charge is 0.494 e. The molecule has 4 aliphatic rings. The number of hydrogen-bond acceptors (Lipinski definition) is 11. The molecular formula is C87H76BCl2N9O2. The van der Waals surface area contributed by atoms with E-state index in [4.69, 9.17) is 47.5 Å². The number of para-hydroxylation sites is 6. The minimum atomic E-state index is -0.348. The van der Waals surface area contributed by atoms with Crippen LogP contribution in [-0.2, 0) is 25.6 Å². The lowest BCUT2D eigenvalue weighted by molar-refractivity contribution is 0.00578. The fraction of sp³-hybridized carbons (Fsp3) is 0.172. The maximum absolute atomic E-state index is 6.24. The first-order valence-corrected chi connectivity index (χ1v) is 35.0. The molecule has 0 aliphatic carbocycles. The van der Waals surface area contributed by atoms with Crippen molar-refractivity contribution in [2.24, 2.45) is 0 Å². The van der Waals surface area contributed by atoms with Crippen LogP contribution in [0.25, 0.3) is 45.6 Å². The fourth-order valence-corrected chi connectivity index (χ4v) is 14.9. The first kappa shape index (κ1) is 66.3. The van der Waals surface area contributed by atoms with Gasteiger partial charge in [0.25, 0.3) is 0 Å². The molecule has 11 nitrogen and oxygen atoms in total. The molecule has 1 fully saturated rings. The van der Waals surface area contributed by atoms with Gasteiger partial charge in [-0.15, -0.1) is 0 Å². The molecule has 0 atom stereocenters. The molecule has 0 N–H and O–H groups in total. The van der Waals surface area contributed by atoms with Crippen LogP contribution < -0.4 is 20.2 Å². The minimum absolute atomic E-state index is 0.0493. The third-order valence-electron chi connectivity index (χ3n) is 20.6. The topological polar surface area (TPSA) is 106 Å². The van der Waals surface area contributed by atoms with Gasteiger partial charge in [-0.2, -0.15) is 15.0 Å². The summed E-state index contributed by atoms with van der Waals surface area (Å²) >= 11 is 11.3. The zero-order valence-corrected chi connectivity index (χ0v) is 59.7. The molecule has 6 heterocycles. The van der Waals surface area contributed by atoms with Gasteiger partial charge < -0.3 is 24.0 Å². The highest BCUT2D eigenvalue weighted by atomic mass is 35.5. The molecule has 14 heteroatoms. The molecule has 0 radical (unpaired) electrons. The van der Waals surface area contributed by atoms with Crippen LogP contribution in [0.1, 0.15) is 103 Å². The molecule has 13 aromatic rings. The van der Waals surface area contributed by atoms with Gasteiger partial charge in [-0.25, -0.2) is 15.0 Å². The second-order valence-corrected chi connectivity index (χ2v) is 29.2. The summed E-state index contributed by atoms with van der Waals surface area (Å²) in [7, 11) is -0.348. The summed E-state index contributed by atoms with van der Waals surface area (Å²) in [4.78, 5) is 33.9. The normalized spacial score (nSPS) is 15.8. The van der Waals surface area contributed by atoms with E-state index < -0.39 is 0 Å². The van der Waals surface area contributed by atoms with Crippen LogP contribution in [-0.4, -0.2) is 48.2 Å². The number of benzene rings is 11. The number of anilines is 9. The van der Waals surface area contributed by atoms with Crippen LogP contribution in [0.4, 0.5) is 51.2 Å². The second kappa shape index (κ2) is 26.2. The van der Waals surface area contributed by atoms with Crippen molar-refractivity contribution in [1.82, 2.24) is 29.9 Å². The Bertz CT molecular complexity index is 4870. The van der Waals surface area contributed by atoms with Gasteiger partial charge in [0.1, 0.15) is 0 Å². The van der Waals surface area contributed by atoms with Crippen molar-refractivity contribution in [2.45, 2.75) is 96.7 Å². The average molecular weight is 1360 g/mol. The molecule has 1 saturated heterocycles. The predicted molar refractivity (Wildman–Crippen MR) is 414 cm³/mol. The summed E-state index contributed by atoms with van der Waals surface area (Å²) in [5, 5.41) is 0.202. The molecule has 0 saturated carbocycles. The molecular weight excluding hydrogens is 1280 g/mol. The Labute approximate surface area is 602 Å². The van der Waals surface area contributed by atoms with E-state index in [0.717, 1.165) is 44.8 Å². The number of nitrogens with zero attached hydrogens (tertiary/aromatic N) is 9. The van der Waals surface area contributed by atoms with Gasteiger partial charge in [-0.05, 0) is 187 Å². The standard InChI is InChI=1S/C51H41N5.C27H30BNO2.C9H5Cl2N3/c1-50(2)39-18-8-12-22-43(39)55(44-23-13-9-19-40(44)50)37-30-26-35(27-31-37)48-52-47(34-16-6-5-7-17-34)53-49(54-48)36-28-32-38(33-29-36)56-45-24-14-10-20-41(45)51(3,4)42-21-11-15-25-46(42)56;1-25(2)21-11-7-9-13-23(21)29(24-14-10-8-12-22(24)25)20-17-15-19(16-18-20)28-30-26(3,4)27(5,6)31-28;10-8-12-7(13-9(11)14-8)6-4-2-1-3-5-6/h5-33H,1-4H3;7-18H,1-6H3;1-5H. The van der Waals surface area contributed by atoms with Crippen LogP contribution in [0.15, 0.2) is 279 Å². The summed E-state index contributed by atoms with van der Waals surface area (Å²) in [6.07, 6.45) is 0. The number of rotatable bonds is 8. The molecule has 0 spiro atoms. The molecule has 17 rings (SSSR count). The van der Waals surface area contributed by atoms with Crippen molar-refractivity contribution in [1.29, 1.82) is 0 Å². The maximum atomic E-state index is 6.24. The lowest BCUT2D eigenvalue weighted by Crippen LogP contribution is -2.41. The smallest absolute Gasteiger partial charge is 0.399 e. The third kappa shape index (κ3) is 12.2. The first-order chi connectivity index (χ1) is 48.7. The highest BCUT2D eigenvalue weighted by molar-refractivity contribution is 6.62. The molecule has 11 aromatic carbocycles. The molecule has 0 unspecified atom stereocenters. The molecule has 0 amide bonds. The van der Waals surface area contributed by atoms with E-state index in [0.29, 0.717) is 23.3 Å². The van der Waals surface area contributed by atoms with Gasteiger partial charge in [0, 0.05) is 55.6 Å². The molecule has 2 aromatic heterocycles. The molecule has 498 valence electrons. The molecule has 0 bridgehead atoms. The first-order valence-electron chi connectivity index (χ1n) is 34.2. The minimum Gasteiger partial charge on any atom is -0.399 e. The van der Waals surface area contributed by atoms with Crippen LogP contribution in [0.3, 0.4) is 0 Å². The SMILES string of the molecule is CC1(C)c2ccccc2N(c2ccc(-c3nc(-c4ccccc4)nc(-c4ccc(N5c6ccccc6C(C)(C)c6ccccc65)cc4)n3)cc2)c2ccccc21.CC1(C)c2ccccc2N(c2ccc(B3OC(C)(C)C(C)(C)O3)cc2)c2ccccc21.Clc1nc(Cl)nc(-c2ccccc2)n1. The highest BCUT2D eigenvalue weighted by Crippen LogP contribution is 2.55. The summed E-state index contributed by atoms with van der Waals surface area (Å²) in [5.41, 5.74) is 22.2. The fourth-order valence-electron chi connectivity index (χ4n) is 14.5. The van der Waals surface area contributed by atoms with Gasteiger partial charge >= 0.3 is 7.12 Å². The van der Waals surface area contributed by atoms with Gasteiger partial charge in [-0.3, -0.25) is 0 Å². The quantitative estimate of drug-likeness (QED) is 0.136. The zero-order chi connectivity index (χ0) is 70.0. The number of fused-ring (bicyclic) bond motifs is 6. The summed E-state index contributed by atoms with van der Waals surface area (Å²) in [5.74, 6) is 2.38. The summed E-state index contributed by atoms with van der Waals surface area (Å²) in [6, 6.07) is 97.8. The van der Waals surface area contributed by atoms with Crippen molar-refractivity contribution >= 4 is 87.0 Å². The van der Waals surface area contributed by atoms with Gasteiger partial charge in [0.05, 0.1) is 45.3 Å². The van der Waals surface area contributed by atoms with E-state index in [1.54, 1.807) is 0 Å². The highest BCUT2D eigenvalue weighted by Gasteiger charge is 2.52. The van der Waals surface area contributed by atoms with Gasteiger partial charge in [-0.1, -0.05) is 224 Å². The summed E-state index contributed by atoms with van der Waals surface area (Å²) in [6.45, 7) is 22.2. The van der Waals surface area contributed by atoms with Gasteiger partial charge in [0.15, 0.2) is 23.3 Å². The van der Waals surface area contributed by atoms with Crippen LogP contribution >= 0.6 is 23.2 Å². The van der Waals surface area contributed by atoms with Crippen LogP contribution in [0.5, 0.6) is 0 Å².